The molecule has 1 aromatic rings. The summed E-state index contributed by atoms with van der Waals surface area (Å²) in [6.45, 7) is 4.60. The van der Waals surface area contributed by atoms with Gasteiger partial charge in [0, 0.05) is 37.9 Å². The molecule has 2 rings (SSSR count). The predicted molar refractivity (Wildman–Crippen MR) is 82.0 cm³/mol. The van der Waals surface area contributed by atoms with Gasteiger partial charge in [0.05, 0.1) is 5.56 Å². The summed E-state index contributed by atoms with van der Waals surface area (Å²) < 4.78 is 39.9. The van der Waals surface area contributed by atoms with Gasteiger partial charge in [0.15, 0.2) is 0 Å². The average molecular weight is 330 g/mol. The van der Waals surface area contributed by atoms with Crippen molar-refractivity contribution in [2.24, 2.45) is 5.73 Å². The van der Waals surface area contributed by atoms with Crippen molar-refractivity contribution in [2.75, 3.05) is 32.0 Å². The number of hydrogen-bond donors (Lipinski definition) is 2. The molecule has 128 valence electrons. The van der Waals surface area contributed by atoms with E-state index in [1.54, 1.807) is 0 Å². The van der Waals surface area contributed by atoms with Gasteiger partial charge in [-0.05, 0) is 31.7 Å². The number of hydrogen-bond acceptors (Lipinski definition) is 3. The first kappa shape index (κ1) is 17.6. The zero-order chi connectivity index (χ0) is 17.2. The van der Waals surface area contributed by atoms with Crippen molar-refractivity contribution in [2.45, 2.75) is 25.7 Å². The van der Waals surface area contributed by atoms with Crippen LogP contribution in [0.1, 0.15) is 18.1 Å². The van der Waals surface area contributed by atoms with Crippen LogP contribution in [0.15, 0.2) is 18.2 Å². The lowest BCUT2D eigenvalue weighted by Gasteiger charge is -2.38. The van der Waals surface area contributed by atoms with E-state index < -0.39 is 17.8 Å². The van der Waals surface area contributed by atoms with Crippen LogP contribution < -0.4 is 11.1 Å². The van der Waals surface area contributed by atoms with E-state index >= 15 is 0 Å². The van der Waals surface area contributed by atoms with E-state index in [4.69, 9.17) is 5.73 Å². The summed E-state index contributed by atoms with van der Waals surface area (Å²) in [5.41, 5.74) is 4.46. The van der Waals surface area contributed by atoms with E-state index in [1.165, 1.54) is 12.1 Å². The van der Waals surface area contributed by atoms with Gasteiger partial charge in [-0.3, -0.25) is 4.90 Å². The molecule has 1 saturated heterocycles. The molecule has 1 aromatic carbocycles. The fourth-order valence-corrected chi connectivity index (χ4v) is 2.83. The van der Waals surface area contributed by atoms with Crippen LogP contribution >= 0.6 is 0 Å². The van der Waals surface area contributed by atoms with Crippen molar-refractivity contribution in [1.29, 1.82) is 0 Å². The largest absolute Gasteiger partial charge is 0.416 e. The molecule has 0 saturated carbocycles. The molecule has 1 aliphatic rings. The van der Waals surface area contributed by atoms with Gasteiger partial charge in [0.25, 0.3) is 0 Å². The summed E-state index contributed by atoms with van der Waals surface area (Å²) in [5, 5.41) is 2.18. The van der Waals surface area contributed by atoms with E-state index in [0.29, 0.717) is 0 Å². The lowest BCUT2D eigenvalue weighted by molar-refractivity contribution is -0.138. The molecular formula is C15H21F3N4O. The number of nitrogens with zero attached hydrogens (tertiary/aromatic N) is 2. The predicted octanol–water partition coefficient (Wildman–Crippen LogP) is 2.33. The molecule has 1 heterocycles. The number of nitrogens with two attached hydrogens (primary N) is 1. The topological polar surface area (TPSA) is 61.6 Å². The van der Waals surface area contributed by atoms with Crippen LogP contribution in [-0.2, 0) is 12.7 Å². The maximum atomic E-state index is 13.3. The van der Waals surface area contributed by atoms with Gasteiger partial charge in [-0.1, -0.05) is 6.07 Å². The third-order valence-electron chi connectivity index (χ3n) is 4.02. The number of anilines is 1. The third-order valence-corrected chi connectivity index (χ3v) is 4.02. The number of likely N-dealkylation sites (N-methyl/N-ethyl adjacent to an activating group) is 1. The zero-order valence-electron chi connectivity index (χ0n) is 13.2. The van der Waals surface area contributed by atoms with Gasteiger partial charge >= 0.3 is 12.2 Å². The molecule has 0 aliphatic carbocycles. The Morgan fingerprint density at radius 1 is 1.39 bits per heavy atom. The second-order valence-electron chi connectivity index (χ2n) is 5.94. The highest BCUT2D eigenvalue weighted by Gasteiger charge is 2.34. The molecule has 1 aliphatic heterocycles. The minimum atomic E-state index is -4.49. The summed E-state index contributed by atoms with van der Waals surface area (Å²) in [4.78, 5) is 15.0. The number of carbonyl (C=O) groups excluding carboxylic acids is 1. The Bertz CT molecular complexity index is 576. The molecule has 0 spiro atoms. The zero-order valence-corrected chi connectivity index (χ0v) is 13.2. The van der Waals surface area contributed by atoms with Crippen molar-refractivity contribution < 1.29 is 18.0 Å². The number of nitrogens with one attached hydrogen (secondary N) is 1. The van der Waals surface area contributed by atoms with Gasteiger partial charge in [0.2, 0.25) is 0 Å². The molecule has 0 aromatic heterocycles. The highest BCUT2D eigenvalue weighted by atomic mass is 19.4. The summed E-state index contributed by atoms with van der Waals surface area (Å²) >= 11 is 0. The standard InChI is InChI=1S/C15H21F3N4O/c1-10-8-21(2)5-6-22(10)9-11-3-4-12(20-14(19)23)7-13(11)15(16,17)18/h3-4,7,10H,5-6,8-9H2,1-2H3,(H3,19,20,23). The first-order chi connectivity index (χ1) is 10.7. The molecule has 1 unspecified atom stereocenters. The Hall–Kier alpha value is -1.80. The summed E-state index contributed by atoms with van der Waals surface area (Å²) in [6.07, 6.45) is -4.49. The van der Waals surface area contributed by atoms with Crippen molar-refractivity contribution in [3.05, 3.63) is 29.3 Å². The molecule has 1 fully saturated rings. The van der Waals surface area contributed by atoms with Gasteiger partial charge in [-0.2, -0.15) is 13.2 Å². The number of primary amides is 1. The Labute approximate surface area is 133 Å². The average Bonchev–Trinajstić information content (AvgIpc) is 2.41. The fourth-order valence-electron chi connectivity index (χ4n) is 2.83. The van der Waals surface area contributed by atoms with E-state index in [2.05, 4.69) is 10.2 Å². The van der Waals surface area contributed by atoms with Crippen LogP contribution in [0.5, 0.6) is 0 Å². The highest BCUT2D eigenvalue weighted by Crippen LogP contribution is 2.34. The van der Waals surface area contributed by atoms with Crippen LogP contribution in [0.3, 0.4) is 0 Å². The summed E-state index contributed by atoms with van der Waals surface area (Å²) in [5.74, 6) is 0. The molecule has 5 nitrogen and oxygen atoms in total. The Kier molecular flexibility index (Phi) is 5.16. The number of benzene rings is 1. The van der Waals surface area contributed by atoms with Crippen molar-refractivity contribution >= 4 is 11.7 Å². The number of halogens is 3. The lowest BCUT2D eigenvalue weighted by Crippen LogP contribution is -2.49. The van der Waals surface area contributed by atoms with Gasteiger partial charge < -0.3 is 16.0 Å². The number of piperazine rings is 1. The third kappa shape index (κ3) is 4.59. The fraction of sp³-hybridized carbons (Fsp3) is 0.533. The smallest absolute Gasteiger partial charge is 0.351 e. The molecule has 23 heavy (non-hydrogen) atoms. The van der Waals surface area contributed by atoms with Gasteiger partial charge in [-0.25, -0.2) is 4.79 Å². The van der Waals surface area contributed by atoms with Crippen molar-refractivity contribution in [1.82, 2.24) is 9.80 Å². The molecule has 2 amide bonds. The number of rotatable bonds is 3. The lowest BCUT2D eigenvalue weighted by atomic mass is 10.0. The van der Waals surface area contributed by atoms with Crippen LogP contribution in [0, 0.1) is 0 Å². The number of carbonyl (C=O) groups is 1. The van der Waals surface area contributed by atoms with E-state index in [1.807, 2.05) is 18.9 Å². The first-order valence-corrected chi connectivity index (χ1v) is 7.36. The van der Waals surface area contributed by atoms with Crippen molar-refractivity contribution in [3.63, 3.8) is 0 Å². The van der Waals surface area contributed by atoms with Gasteiger partial charge in [0.1, 0.15) is 0 Å². The summed E-state index contributed by atoms with van der Waals surface area (Å²) in [7, 11) is 2.00. The van der Waals surface area contributed by atoms with Gasteiger partial charge in [-0.15, -0.1) is 0 Å². The minimum absolute atomic E-state index is 0.0417. The Balaban J connectivity index is 2.25. The SMILES string of the molecule is CC1CN(C)CCN1Cc1ccc(NC(N)=O)cc1C(F)(F)F. The molecule has 1 atom stereocenters. The second kappa shape index (κ2) is 6.76. The summed E-state index contributed by atoms with van der Waals surface area (Å²) in [6, 6.07) is 3.06. The Morgan fingerprint density at radius 3 is 2.65 bits per heavy atom. The normalized spacial score (nSPS) is 20.5. The number of amides is 2. The second-order valence-corrected chi connectivity index (χ2v) is 5.94. The highest BCUT2D eigenvalue weighted by molar-refractivity contribution is 5.87. The van der Waals surface area contributed by atoms with E-state index in [9.17, 15) is 18.0 Å². The number of alkyl halides is 3. The van der Waals surface area contributed by atoms with Crippen LogP contribution in [-0.4, -0.2) is 48.6 Å². The van der Waals surface area contributed by atoms with Crippen molar-refractivity contribution in [3.8, 4) is 0 Å². The molecular weight excluding hydrogens is 309 g/mol. The Morgan fingerprint density at radius 2 is 2.09 bits per heavy atom. The minimum Gasteiger partial charge on any atom is -0.351 e. The number of urea groups is 1. The maximum Gasteiger partial charge on any atom is 0.416 e. The van der Waals surface area contributed by atoms with Crippen LogP contribution in [0.25, 0.3) is 0 Å². The first-order valence-electron chi connectivity index (χ1n) is 7.36. The molecule has 0 radical (unpaired) electrons. The molecule has 3 N–H and O–H groups in total. The van der Waals surface area contributed by atoms with E-state index in [0.717, 1.165) is 25.7 Å². The van der Waals surface area contributed by atoms with Crippen LogP contribution in [0.4, 0.5) is 23.7 Å². The van der Waals surface area contributed by atoms with E-state index in [-0.39, 0.29) is 23.8 Å². The van der Waals surface area contributed by atoms with Crippen LogP contribution in [0.2, 0.25) is 0 Å². The monoisotopic (exact) mass is 330 g/mol. The molecule has 0 bridgehead atoms. The maximum absolute atomic E-state index is 13.3. The molecule has 8 heteroatoms. The quantitative estimate of drug-likeness (QED) is 0.894.